The Balaban J connectivity index is 1.56. The van der Waals surface area contributed by atoms with E-state index in [-0.39, 0.29) is 31.1 Å². The Hall–Kier alpha value is -2.40. The normalized spacial score (nSPS) is 16.7. The molecule has 0 radical (unpaired) electrons. The molecule has 0 spiro atoms. The van der Waals surface area contributed by atoms with Crippen molar-refractivity contribution in [3.8, 4) is 0 Å². The van der Waals surface area contributed by atoms with Crippen LogP contribution in [0.15, 0.2) is 70.5 Å². The third kappa shape index (κ3) is 3.60. The maximum absolute atomic E-state index is 14.0. The molecular formula is C20H18F2N2O4S2. The van der Waals surface area contributed by atoms with Crippen LogP contribution in [0, 0.1) is 11.6 Å². The van der Waals surface area contributed by atoms with Crippen molar-refractivity contribution < 1.29 is 25.6 Å². The van der Waals surface area contributed by atoms with Gasteiger partial charge in [0.25, 0.3) is 0 Å². The highest BCUT2D eigenvalue weighted by Gasteiger charge is 2.36. The summed E-state index contributed by atoms with van der Waals surface area (Å²) in [5.74, 6) is -2.36. The molecule has 3 aromatic carbocycles. The summed E-state index contributed by atoms with van der Waals surface area (Å²) in [6.07, 6.45) is 0. The van der Waals surface area contributed by atoms with Crippen molar-refractivity contribution >= 4 is 30.8 Å². The predicted molar refractivity (Wildman–Crippen MR) is 108 cm³/mol. The summed E-state index contributed by atoms with van der Waals surface area (Å²) < 4.78 is 81.4. The topological polar surface area (TPSA) is 74.8 Å². The molecule has 0 unspecified atom stereocenters. The zero-order chi connectivity index (χ0) is 21.5. The van der Waals surface area contributed by atoms with Gasteiger partial charge in [0.05, 0.1) is 4.90 Å². The van der Waals surface area contributed by atoms with E-state index in [9.17, 15) is 25.6 Å². The minimum Gasteiger partial charge on any atom is -0.207 e. The first-order valence-corrected chi connectivity index (χ1v) is 12.0. The molecule has 1 aliphatic heterocycles. The lowest BCUT2D eigenvalue weighted by Crippen LogP contribution is -2.50. The molecule has 1 heterocycles. The second kappa shape index (κ2) is 7.69. The summed E-state index contributed by atoms with van der Waals surface area (Å²) in [6.45, 7) is -0.652. The molecule has 158 valence electrons. The molecule has 0 saturated carbocycles. The molecular weight excluding hydrogens is 434 g/mol. The third-order valence-corrected chi connectivity index (χ3v) is 8.92. The first-order valence-electron chi connectivity index (χ1n) is 9.14. The van der Waals surface area contributed by atoms with Crippen molar-refractivity contribution in [2.45, 2.75) is 9.79 Å². The number of nitrogens with zero attached hydrogens (tertiary/aromatic N) is 2. The zero-order valence-corrected chi connectivity index (χ0v) is 17.3. The number of halogens is 2. The van der Waals surface area contributed by atoms with E-state index < -0.39 is 36.6 Å². The monoisotopic (exact) mass is 452 g/mol. The van der Waals surface area contributed by atoms with Gasteiger partial charge in [-0.25, -0.2) is 25.6 Å². The van der Waals surface area contributed by atoms with Crippen molar-refractivity contribution in [2.24, 2.45) is 0 Å². The molecule has 4 rings (SSSR count). The van der Waals surface area contributed by atoms with Gasteiger partial charge in [-0.1, -0.05) is 36.4 Å². The Morgan fingerprint density at radius 1 is 0.633 bits per heavy atom. The summed E-state index contributed by atoms with van der Waals surface area (Å²) in [5, 5.41) is 1.68. The van der Waals surface area contributed by atoms with Gasteiger partial charge in [0, 0.05) is 26.2 Å². The fraction of sp³-hybridized carbons (Fsp3) is 0.200. The van der Waals surface area contributed by atoms with Crippen LogP contribution in [0.5, 0.6) is 0 Å². The Morgan fingerprint density at radius 3 is 1.77 bits per heavy atom. The SMILES string of the molecule is O=S(=O)(c1ccc2ccccc2c1)N1CCN(S(=O)(=O)c2c(F)cccc2F)CC1. The highest BCUT2D eigenvalue weighted by molar-refractivity contribution is 7.89. The van der Waals surface area contributed by atoms with Gasteiger partial charge in [0.2, 0.25) is 20.0 Å². The Kier molecular flexibility index (Phi) is 5.35. The van der Waals surface area contributed by atoms with Crippen LogP contribution in [0.4, 0.5) is 8.78 Å². The van der Waals surface area contributed by atoms with E-state index in [4.69, 9.17) is 0 Å². The average molecular weight is 453 g/mol. The van der Waals surface area contributed by atoms with E-state index in [0.717, 1.165) is 33.3 Å². The molecule has 0 aliphatic carbocycles. The zero-order valence-electron chi connectivity index (χ0n) is 15.7. The molecule has 1 saturated heterocycles. The standard InChI is InChI=1S/C20H18F2N2O4S2/c21-18-6-3-7-19(22)20(18)30(27,28)24-12-10-23(11-13-24)29(25,26)17-9-8-15-4-1-2-5-16(15)14-17/h1-9,14H,10-13H2. The lowest BCUT2D eigenvalue weighted by Gasteiger charge is -2.33. The van der Waals surface area contributed by atoms with Gasteiger partial charge in [-0.3, -0.25) is 0 Å². The third-order valence-electron chi connectivity index (χ3n) is 5.07. The van der Waals surface area contributed by atoms with E-state index >= 15 is 0 Å². The average Bonchev–Trinajstić information content (AvgIpc) is 2.73. The first kappa shape index (κ1) is 20.9. The maximum atomic E-state index is 14.0. The van der Waals surface area contributed by atoms with E-state index in [0.29, 0.717) is 0 Å². The summed E-state index contributed by atoms with van der Waals surface area (Å²) in [5.41, 5.74) is 0. The van der Waals surface area contributed by atoms with Crippen molar-refractivity contribution in [3.05, 3.63) is 72.3 Å². The molecule has 1 fully saturated rings. The van der Waals surface area contributed by atoms with Crippen molar-refractivity contribution in [1.29, 1.82) is 0 Å². The number of fused-ring (bicyclic) bond motifs is 1. The molecule has 0 bridgehead atoms. The second-order valence-corrected chi connectivity index (χ2v) is 10.7. The van der Waals surface area contributed by atoms with Crippen LogP contribution in [-0.4, -0.2) is 51.6 Å². The highest BCUT2D eigenvalue weighted by atomic mass is 32.2. The Morgan fingerprint density at radius 2 is 1.17 bits per heavy atom. The van der Waals surface area contributed by atoms with Crippen LogP contribution < -0.4 is 0 Å². The Labute approximate surface area is 173 Å². The molecule has 0 N–H and O–H groups in total. The summed E-state index contributed by atoms with van der Waals surface area (Å²) >= 11 is 0. The van der Waals surface area contributed by atoms with Crippen LogP contribution in [0.1, 0.15) is 0 Å². The van der Waals surface area contributed by atoms with Gasteiger partial charge in [-0.2, -0.15) is 8.61 Å². The van der Waals surface area contributed by atoms with Crippen LogP contribution in [0.25, 0.3) is 10.8 Å². The molecule has 6 nitrogen and oxygen atoms in total. The number of hydrogen-bond acceptors (Lipinski definition) is 4. The summed E-state index contributed by atoms with van der Waals surface area (Å²) in [6, 6.07) is 15.0. The first-order chi connectivity index (χ1) is 14.2. The van der Waals surface area contributed by atoms with Gasteiger partial charge < -0.3 is 0 Å². The fourth-order valence-corrected chi connectivity index (χ4v) is 6.47. The smallest absolute Gasteiger partial charge is 0.207 e. The van der Waals surface area contributed by atoms with Crippen molar-refractivity contribution in [1.82, 2.24) is 8.61 Å². The maximum Gasteiger partial charge on any atom is 0.249 e. The van der Waals surface area contributed by atoms with Gasteiger partial charge in [0.15, 0.2) is 4.90 Å². The number of sulfonamides is 2. The van der Waals surface area contributed by atoms with Crippen LogP contribution >= 0.6 is 0 Å². The van der Waals surface area contributed by atoms with Gasteiger partial charge in [-0.05, 0) is 35.0 Å². The van der Waals surface area contributed by atoms with E-state index in [1.54, 1.807) is 12.1 Å². The predicted octanol–water partition coefficient (Wildman–Crippen LogP) is 2.81. The fourth-order valence-electron chi connectivity index (χ4n) is 3.49. The van der Waals surface area contributed by atoms with E-state index in [1.165, 1.54) is 10.4 Å². The summed E-state index contributed by atoms with van der Waals surface area (Å²) in [7, 11) is -8.26. The molecule has 30 heavy (non-hydrogen) atoms. The van der Waals surface area contributed by atoms with Crippen LogP contribution in [-0.2, 0) is 20.0 Å². The molecule has 0 atom stereocenters. The van der Waals surface area contributed by atoms with Crippen molar-refractivity contribution in [2.75, 3.05) is 26.2 Å². The number of benzene rings is 3. The molecule has 10 heteroatoms. The lowest BCUT2D eigenvalue weighted by atomic mass is 10.1. The van der Waals surface area contributed by atoms with Crippen molar-refractivity contribution in [3.63, 3.8) is 0 Å². The molecule has 0 aromatic heterocycles. The minimum atomic E-state index is -4.42. The number of piperazine rings is 1. The number of hydrogen-bond donors (Lipinski definition) is 0. The highest BCUT2D eigenvalue weighted by Crippen LogP contribution is 2.26. The largest absolute Gasteiger partial charge is 0.249 e. The lowest BCUT2D eigenvalue weighted by molar-refractivity contribution is 0.271. The second-order valence-electron chi connectivity index (χ2n) is 6.87. The quantitative estimate of drug-likeness (QED) is 0.610. The molecule has 0 amide bonds. The molecule has 3 aromatic rings. The number of rotatable bonds is 4. The van der Waals surface area contributed by atoms with Gasteiger partial charge in [0.1, 0.15) is 11.6 Å². The van der Waals surface area contributed by atoms with Gasteiger partial charge >= 0.3 is 0 Å². The van der Waals surface area contributed by atoms with Crippen LogP contribution in [0.2, 0.25) is 0 Å². The van der Waals surface area contributed by atoms with Crippen LogP contribution in [0.3, 0.4) is 0 Å². The van der Waals surface area contributed by atoms with E-state index in [2.05, 4.69) is 0 Å². The molecule has 1 aliphatic rings. The minimum absolute atomic E-state index is 0.109. The van der Waals surface area contributed by atoms with Gasteiger partial charge in [-0.15, -0.1) is 0 Å². The summed E-state index contributed by atoms with van der Waals surface area (Å²) in [4.78, 5) is -0.909. The Bertz CT molecular complexity index is 1300. The van der Waals surface area contributed by atoms with E-state index in [1.807, 2.05) is 24.3 Å².